The van der Waals surface area contributed by atoms with Gasteiger partial charge in [-0.25, -0.2) is 14.5 Å². The van der Waals surface area contributed by atoms with E-state index in [0.717, 1.165) is 16.2 Å². The van der Waals surface area contributed by atoms with E-state index in [9.17, 15) is 9.59 Å². The Morgan fingerprint density at radius 1 is 1.29 bits per heavy atom. The van der Waals surface area contributed by atoms with E-state index in [1.165, 1.54) is 0 Å². The fourth-order valence-electron chi connectivity index (χ4n) is 1.96. The van der Waals surface area contributed by atoms with Crippen LogP contribution in [0.25, 0.3) is 0 Å². The second kappa shape index (κ2) is 9.12. The van der Waals surface area contributed by atoms with Crippen LogP contribution in [-0.4, -0.2) is 49.4 Å². The van der Waals surface area contributed by atoms with Gasteiger partial charge >= 0.3 is 12.1 Å². The highest BCUT2D eigenvalue weighted by Gasteiger charge is 2.26. The quantitative estimate of drug-likeness (QED) is 0.829. The lowest BCUT2D eigenvalue weighted by Gasteiger charge is -2.26. The molecule has 0 aliphatic rings. The molecule has 0 saturated heterocycles. The van der Waals surface area contributed by atoms with Crippen LogP contribution in [0, 0.1) is 0 Å². The Labute approximate surface area is 143 Å². The molecule has 1 rings (SSSR count). The molecule has 134 valence electrons. The SMILES string of the molecule is COc1cccc(CCNC(=O)N(CCN)C(=O)OC(C)(C)C)c1. The van der Waals surface area contributed by atoms with Crippen LogP contribution < -0.4 is 15.8 Å². The largest absolute Gasteiger partial charge is 0.497 e. The van der Waals surface area contributed by atoms with Crippen LogP contribution in [0.1, 0.15) is 26.3 Å². The van der Waals surface area contributed by atoms with E-state index in [2.05, 4.69) is 5.32 Å². The van der Waals surface area contributed by atoms with Gasteiger partial charge in [-0.3, -0.25) is 0 Å². The van der Waals surface area contributed by atoms with Crippen LogP contribution in [0.5, 0.6) is 5.75 Å². The van der Waals surface area contributed by atoms with Crippen molar-refractivity contribution in [3.8, 4) is 5.75 Å². The minimum atomic E-state index is -0.702. The molecular weight excluding hydrogens is 310 g/mol. The van der Waals surface area contributed by atoms with Crippen molar-refractivity contribution < 1.29 is 19.1 Å². The first kappa shape index (κ1) is 19.8. The molecule has 0 aliphatic heterocycles. The van der Waals surface area contributed by atoms with Crippen LogP contribution >= 0.6 is 0 Å². The third-order valence-electron chi connectivity index (χ3n) is 3.04. The third-order valence-corrected chi connectivity index (χ3v) is 3.04. The van der Waals surface area contributed by atoms with Gasteiger partial charge in [0.15, 0.2) is 0 Å². The molecule has 0 fully saturated rings. The van der Waals surface area contributed by atoms with Gasteiger partial charge in [0.2, 0.25) is 0 Å². The van der Waals surface area contributed by atoms with E-state index in [1.54, 1.807) is 27.9 Å². The molecule has 0 bridgehead atoms. The number of carbonyl (C=O) groups excluding carboxylic acids is 2. The average Bonchev–Trinajstić information content (AvgIpc) is 2.50. The molecule has 0 saturated carbocycles. The number of nitrogens with one attached hydrogen (secondary N) is 1. The van der Waals surface area contributed by atoms with E-state index >= 15 is 0 Å². The third kappa shape index (κ3) is 6.87. The average molecular weight is 337 g/mol. The molecule has 0 aliphatic carbocycles. The molecular formula is C17H27N3O4. The van der Waals surface area contributed by atoms with Crippen LogP contribution in [-0.2, 0) is 11.2 Å². The summed E-state index contributed by atoms with van der Waals surface area (Å²) in [5, 5.41) is 2.71. The number of carbonyl (C=O) groups is 2. The van der Waals surface area contributed by atoms with E-state index in [0.29, 0.717) is 13.0 Å². The normalized spacial score (nSPS) is 10.9. The molecule has 0 unspecified atom stereocenters. The number of amides is 3. The molecule has 7 nitrogen and oxygen atoms in total. The first-order valence-electron chi connectivity index (χ1n) is 7.88. The first-order valence-corrected chi connectivity index (χ1v) is 7.88. The highest BCUT2D eigenvalue weighted by molar-refractivity contribution is 5.91. The second-order valence-electron chi connectivity index (χ2n) is 6.25. The maximum Gasteiger partial charge on any atom is 0.418 e. The Kier molecular flexibility index (Phi) is 7.51. The summed E-state index contributed by atoms with van der Waals surface area (Å²) in [5.41, 5.74) is 5.83. The summed E-state index contributed by atoms with van der Waals surface area (Å²) < 4.78 is 10.4. The van der Waals surface area contributed by atoms with Crippen molar-refractivity contribution in [2.45, 2.75) is 32.8 Å². The molecule has 0 radical (unpaired) electrons. The monoisotopic (exact) mass is 337 g/mol. The number of imide groups is 1. The van der Waals surface area contributed by atoms with Crippen LogP contribution in [0.15, 0.2) is 24.3 Å². The number of nitrogens with two attached hydrogens (primary N) is 1. The standard InChI is InChI=1S/C17H27N3O4/c1-17(2,3)24-16(22)20(11-9-18)15(21)19-10-8-13-6-5-7-14(12-13)23-4/h5-7,12H,8-11,18H2,1-4H3,(H,19,21). The van der Waals surface area contributed by atoms with E-state index < -0.39 is 17.7 Å². The Bertz CT molecular complexity index is 555. The zero-order valence-electron chi connectivity index (χ0n) is 14.8. The molecule has 7 heteroatoms. The number of urea groups is 1. The highest BCUT2D eigenvalue weighted by Crippen LogP contribution is 2.13. The lowest BCUT2D eigenvalue weighted by Crippen LogP contribution is -2.48. The number of hydrogen-bond acceptors (Lipinski definition) is 5. The summed E-state index contributed by atoms with van der Waals surface area (Å²) >= 11 is 0. The number of rotatable bonds is 6. The van der Waals surface area contributed by atoms with Crippen LogP contribution in [0.3, 0.4) is 0 Å². The van der Waals surface area contributed by atoms with Crippen molar-refractivity contribution in [2.24, 2.45) is 5.73 Å². The fourth-order valence-corrected chi connectivity index (χ4v) is 1.96. The van der Waals surface area contributed by atoms with E-state index in [4.69, 9.17) is 15.2 Å². The van der Waals surface area contributed by atoms with Gasteiger partial charge in [-0.1, -0.05) is 12.1 Å². The summed E-state index contributed by atoms with van der Waals surface area (Å²) in [6, 6.07) is 7.07. The molecule has 0 atom stereocenters. The number of benzene rings is 1. The van der Waals surface area contributed by atoms with E-state index in [-0.39, 0.29) is 13.1 Å². The number of ether oxygens (including phenoxy) is 2. The molecule has 1 aromatic rings. The fraction of sp³-hybridized carbons (Fsp3) is 0.529. The van der Waals surface area contributed by atoms with Crippen LogP contribution in [0.2, 0.25) is 0 Å². The molecule has 3 N–H and O–H groups in total. The summed E-state index contributed by atoms with van der Waals surface area (Å²) in [7, 11) is 1.60. The smallest absolute Gasteiger partial charge is 0.418 e. The van der Waals surface area contributed by atoms with Gasteiger partial charge in [-0.15, -0.1) is 0 Å². The van der Waals surface area contributed by atoms with Gasteiger partial charge in [0.25, 0.3) is 0 Å². The lowest BCUT2D eigenvalue weighted by atomic mass is 10.1. The van der Waals surface area contributed by atoms with Gasteiger partial charge in [0, 0.05) is 19.6 Å². The van der Waals surface area contributed by atoms with Crippen molar-refractivity contribution in [3.05, 3.63) is 29.8 Å². The summed E-state index contributed by atoms with van der Waals surface area (Å²) in [4.78, 5) is 25.3. The molecule has 24 heavy (non-hydrogen) atoms. The van der Waals surface area contributed by atoms with Crippen LogP contribution in [0.4, 0.5) is 9.59 Å². The first-order chi connectivity index (χ1) is 11.3. The Hall–Kier alpha value is -2.28. The topological polar surface area (TPSA) is 93.9 Å². The summed E-state index contributed by atoms with van der Waals surface area (Å²) in [5.74, 6) is 0.761. The number of hydrogen-bond donors (Lipinski definition) is 2. The number of methoxy groups -OCH3 is 1. The maximum absolute atomic E-state index is 12.2. The number of nitrogens with zero attached hydrogens (tertiary/aromatic N) is 1. The van der Waals surface area contributed by atoms with Crippen molar-refractivity contribution in [1.29, 1.82) is 0 Å². The minimum Gasteiger partial charge on any atom is -0.497 e. The zero-order chi connectivity index (χ0) is 18.2. The van der Waals surface area contributed by atoms with Crippen molar-refractivity contribution >= 4 is 12.1 Å². The molecule has 3 amide bonds. The second-order valence-corrected chi connectivity index (χ2v) is 6.25. The highest BCUT2D eigenvalue weighted by atomic mass is 16.6. The Balaban J connectivity index is 2.57. The Morgan fingerprint density at radius 2 is 2.00 bits per heavy atom. The predicted octanol–water partition coefficient (Wildman–Crippen LogP) is 2.14. The summed E-state index contributed by atoms with van der Waals surface area (Å²) in [6.45, 7) is 5.88. The van der Waals surface area contributed by atoms with Gasteiger partial charge in [0.05, 0.1) is 7.11 Å². The molecule has 0 spiro atoms. The van der Waals surface area contributed by atoms with Crippen molar-refractivity contribution in [3.63, 3.8) is 0 Å². The van der Waals surface area contributed by atoms with Gasteiger partial charge < -0.3 is 20.5 Å². The van der Waals surface area contributed by atoms with Crippen molar-refractivity contribution in [1.82, 2.24) is 10.2 Å². The van der Waals surface area contributed by atoms with Gasteiger partial charge in [-0.2, -0.15) is 0 Å². The lowest BCUT2D eigenvalue weighted by molar-refractivity contribution is 0.0325. The van der Waals surface area contributed by atoms with Gasteiger partial charge in [0.1, 0.15) is 11.4 Å². The molecule has 1 aromatic carbocycles. The van der Waals surface area contributed by atoms with E-state index in [1.807, 2.05) is 24.3 Å². The predicted molar refractivity (Wildman–Crippen MR) is 92.1 cm³/mol. The minimum absolute atomic E-state index is 0.0971. The Morgan fingerprint density at radius 3 is 2.58 bits per heavy atom. The van der Waals surface area contributed by atoms with Gasteiger partial charge in [-0.05, 0) is 44.9 Å². The molecule has 0 aromatic heterocycles. The summed E-state index contributed by atoms with van der Waals surface area (Å²) in [6.07, 6.45) is -0.0832. The van der Waals surface area contributed by atoms with Crippen molar-refractivity contribution in [2.75, 3.05) is 26.7 Å². The maximum atomic E-state index is 12.2. The zero-order valence-corrected chi connectivity index (χ0v) is 14.8. The molecule has 0 heterocycles.